The maximum absolute atomic E-state index is 12.5. The second-order valence-electron chi connectivity index (χ2n) is 6.62. The Labute approximate surface area is 190 Å². The zero-order valence-electron chi connectivity index (χ0n) is 17.6. The fraction of sp³-hybridized carbons (Fsp3) is 0.250. The molecule has 162 valence electrons. The lowest BCUT2D eigenvalue weighted by Crippen LogP contribution is -2.14. The third-order valence-electron chi connectivity index (χ3n) is 4.40. The third-order valence-corrected chi connectivity index (χ3v) is 6.66. The molecule has 31 heavy (non-hydrogen) atoms. The van der Waals surface area contributed by atoms with E-state index in [0.29, 0.717) is 17.0 Å². The molecule has 0 spiro atoms. The topological polar surface area (TPSA) is 64.6 Å². The summed E-state index contributed by atoms with van der Waals surface area (Å²) in [5.74, 6) is 1.12. The van der Waals surface area contributed by atoms with E-state index < -0.39 is 5.97 Å². The predicted molar refractivity (Wildman–Crippen MR) is 127 cm³/mol. The van der Waals surface area contributed by atoms with Crippen LogP contribution < -0.4 is 10.1 Å². The number of rotatable bonds is 10. The molecule has 1 amide bonds. The van der Waals surface area contributed by atoms with Gasteiger partial charge in [-0.1, -0.05) is 30.3 Å². The average molecular weight is 456 g/mol. The van der Waals surface area contributed by atoms with Gasteiger partial charge in [0.25, 0.3) is 0 Å². The summed E-state index contributed by atoms with van der Waals surface area (Å²) in [4.78, 5) is 27.3. The van der Waals surface area contributed by atoms with Crippen LogP contribution in [0, 0.1) is 0 Å². The SMILES string of the molecule is CCOC(=O)c1sc(-c2ccccc2)cc1NC(=O)CCCSc1ccc(OC)cc1. The zero-order valence-corrected chi connectivity index (χ0v) is 19.2. The van der Waals surface area contributed by atoms with Crippen LogP contribution in [-0.4, -0.2) is 31.3 Å². The highest BCUT2D eigenvalue weighted by Crippen LogP contribution is 2.35. The lowest BCUT2D eigenvalue weighted by molar-refractivity contribution is -0.116. The number of ether oxygens (including phenoxy) is 2. The maximum atomic E-state index is 12.5. The monoisotopic (exact) mass is 455 g/mol. The Bertz CT molecular complexity index is 1000. The summed E-state index contributed by atoms with van der Waals surface area (Å²) >= 11 is 3.02. The molecule has 0 aliphatic rings. The second-order valence-corrected chi connectivity index (χ2v) is 8.84. The quantitative estimate of drug-likeness (QED) is 0.227. The Morgan fingerprint density at radius 2 is 1.81 bits per heavy atom. The molecule has 3 aromatic rings. The van der Waals surface area contributed by atoms with Gasteiger partial charge in [0, 0.05) is 16.2 Å². The Kier molecular flexibility index (Phi) is 8.55. The number of carbonyl (C=O) groups excluding carboxylic acids is 2. The first kappa shape index (κ1) is 22.9. The Morgan fingerprint density at radius 1 is 1.06 bits per heavy atom. The van der Waals surface area contributed by atoms with Crippen LogP contribution in [0.5, 0.6) is 5.75 Å². The van der Waals surface area contributed by atoms with Crippen molar-refractivity contribution in [2.24, 2.45) is 0 Å². The fourth-order valence-corrected chi connectivity index (χ4v) is 4.75. The lowest BCUT2D eigenvalue weighted by Gasteiger charge is -2.06. The molecule has 0 bridgehead atoms. The fourth-order valence-electron chi connectivity index (χ4n) is 2.88. The molecule has 0 fully saturated rings. The van der Waals surface area contributed by atoms with Crippen LogP contribution >= 0.6 is 23.1 Å². The van der Waals surface area contributed by atoms with E-state index >= 15 is 0 Å². The number of thiophene rings is 1. The molecule has 0 saturated carbocycles. The smallest absolute Gasteiger partial charge is 0.350 e. The molecule has 0 radical (unpaired) electrons. The Hall–Kier alpha value is -2.77. The highest BCUT2D eigenvalue weighted by Gasteiger charge is 2.19. The van der Waals surface area contributed by atoms with Crippen LogP contribution in [0.1, 0.15) is 29.4 Å². The van der Waals surface area contributed by atoms with Crippen LogP contribution in [0.25, 0.3) is 10.4 Å². The molecule has 2 aromatic carbocycles. The van der Waals surface area contributed by atoms with Crippen molar-refractivity contribution in [3.63, 3.8) is 0 Å². The number of methoxy groups -OCH3 is 1. The normalized spacial score (nSPS) is 10.5. The van der Waals surface area contributed by atoms with E-state index in [1.165, 1.54) is 11.3 Å². The molecule has 7 heteroatoms. The van der Waals surface area contributed by atoms with Crippen molar-refractivity contribution in [1.29, 1.82) is 0 Å². The lowest BCUT2D eigenvalue weighted by atomic mass is 10.2. The van der Waals surface area contributed by atoms with Gasteiger partial charge in [0.1, 0.15) is 10.6 Å². The van der Waals surface area contributed by atoms with Gasteiger partial charge in [-0.15, -0.1) is 23.1 Å². The van der Waals surface area contributed by atoms with Gasteiger partial charge in [-0.05, 0) is 55.0 Å². The number of hydrogen-bond donors (Lipinski definition) is 1. The van der Waals surface area contributed by atoms with Gasteiger partial charge >= 0.3 is 5.97 Å². The first-order valence-corrected chi connectivity index (χ1v) is 11.8. The summed E-state index contributed by atoms with van der Waals surface area (Å²) < 4.78 is 10.3. The van der Waals surface area contributed by atoms with Crippen LogP contribution in [0.4, 0.5) is 5.69 Å². The van der Waals surface area contributed by atoms with E-state index in [2.05, 4.69) is 5.32 Å². The number of carbonyl (C=O) groups is 2. The maximum Gasteiger partial charge on any atom is 0.350 e. The highest BCUT2D eigenvalue weighted by atomic mass is 32.2. The Morgan fingerprint density at radius 3 is 2.48 bits per heavy atom. The molecule has 0 saturated heterocycles. The van der Waals surface area contributed by atoms with Gasteiger partial charge in [0.15, 0.2) is 0 Å². The zero-order chi connectivity index (χ0) is 22.1. The van der Waals surface area contributed by atoms with Crippen LogP contribution in [0.2, 0.25) is 0 Å². The number of esters is 1. The minimum Gasteiger partial charge on any atom is -0.497 e. The van der Waals surface area contributed by atoms with Crippen molar-refractivity contribution in [3.05, 3.63) is 65.5 Å². The number of hydrogen-bond acceptors (Lipinski definition) is 6. The summed E-state index contributed by atoms with van der Waals surface area (Å²) in [5.41, 5.74) is 1.50. The van der Waals surface area contributed by atoms with Gasteiger partial charge < -0.3 is 14.8 Å². The number of benzene rings is 2. The first-order chi connectivity index (χ1) is 15.1. The van der Waals surface area contributed by atoms with E-state index in [0.717, 1.165) is 33.3 Å². The number of nitrogens with one attached hydrogen (secondary N) is 1. The largest absolute Gasteiger partial charge is 0.497 e. The number of thioether (sulfide) groups is 1. The van der Waals surface area contributed by atoms with Crippen molar-refractivity contribution < 1.29 is 19.1 Å². The van der Waals surface area contributed by atoms with Crippen molar-refractivity contribution in [3.8, 4) is 16.2 Å². The molecule has 1 aromatic heterocycles. The van der Waals surface area contributed by atoms with Crippen LogP contribution in [0.3, 0.4) is 0 Å². The van der Waals surface area contributed by atoms with Gasteiger partial charge in [0.2, 0.25) is 5.91 Å². The van der Waals surface area contributed by atoms with Crippen molar-refractivity contribution in [2.75, 3.05) is 24.8 Å². The van der Waals surface area contributed by atoms with Gasteiger partial charge in [-0.3, -0.25) is 4.79 Å². The van der Waals surface area contributed by atoms with E-state index in [-0.39, 0.29) is 12.5 Å². The summed E-state index contributed by atoms with van der Waals surface area (Å²) in [7, 11) is 1.64. The number of anilines is 1. The van der Waals surface area contributed by atoms with E-state index in [1.54, 1.807) is 25.8 Å². The Balaban J connectivity index is 1.58. The summed E-state index contributed by atoms with van der Waals surface area (Å²) in [6, 6.07) is 19.5. The highest BCUT2D eigenvalue weighted by molar-refractivity contribution is 7.99. The summed E-state index contributed by atoms with van der Waals surface area (Å²) in [6.07, 6.45) is 1.11. The molecule has 0 unspecified atom stereocenters. The minimum absolute atomic E-state index is 0.113. The van der Waals surface area contributed by atoms with E-state index in [4.69, 9.17) is 9.47 Å². The molecule has 0 aliphatic carbocycles. The standard InChI is InChI=1S/C24H25NO4S2/c1-3-29-24(27)23-20(16-21(31-23)17-8-5-4-6-9-17)25-22(26)10-7-15-30-19-13-11-18(28-2)12-14-19/h4-6,8-9,11-14,16H,3,7,10,15H2,1-2H3,(H,25,26). The molecule has 0 aliphatic heterocycles. The molecular formula is C24H25NO4S2. The first-order valence-electron chi connectivity index (χ1n) is 10.0. The van der Waals surface area contributed by atoms with Crippen LogP contribution in [0.15, 0.2) is 65.6 Å². The summed E-state index contributed by atoms with van der Waals surface area (Å²) in [6.45, 7) is 2.05. The predicted octanol–water partition coefficient (Wildman–Crippen LogP) is 6.11. The molecule has 3 rings (SSSR count). The van der Waals surface area contributed by atoms with Gasteiger partial charge in [-0.25, -0.2) is 4.79 Å². The van der Waals surface area contributed by atoms with Crippen molar-refractivity contribution in [1.82, 2.24) is 0 Å². The number of amides is 1. The van der Waals surface area contributed by atoms with E-state index in [1.807, 2.05) is 60.7 Å². The second kappa shape index (κ2) is 11.6. The molecule has 1 heterocycles. The third kappa shape index (κ3) is 6.60. The van der Waals surface area contributed by atoms with Crippen LogP contribution in [-0.2, 0) is 9.53 Å². The van der Waals surface area contributed by atoms with Gasteiger partial charge in [0.05, 0.1) is 19.4 Å². The minimum atomic E-state index is -0.417. The molecule has 5 nitrogen and oxygen atoms in total. The van der Waals surface area contributed by atoms with Crippen molar-refractivity contribution in [2.45, 2.75) is 24.7 Å². The molecule has 0 atom stereocenters. The van der Waals surface area contributed by atoms with E-state index in [9.17, 15) is 9.59 Å². The summed E-state index contributed by atoms with van der Waals surface area (Å²) in [5, 5.41) is 2.90. The van der Waals surface area contributed by atoms with Gasteiger partial charge in [-0.2, -0.15) is 0 Å². The molecule has 1 N–H and O–H groups in total. The molecular weight excluding hydrogens is 430 g/mol. The average Bonchev–Trinajstić information content (AvgIpc) is 3.22. The van der Waals surface area contributed by atoms with Crippen molar-refractivity contribution >= 4 is 40.7 Å².